The van der Waals surface area contributed by atoms with Gasteiger partial charge in [-0.05, 0) is 5.92 Å². The minimum absolute atomic E-state index is 0.0696. The van der Waals surface area contributed by atoms with E-state index in [9.17, 15) is 0 Å². The third-order valence-electron chi connectivity index (χ3n) is 2.99. The van der Waals surface area contributed by atoms with E-state index >= 15 is 0 Å². The van der Waals surface area contributed by atoms with E-state index < -0.39 is 6.10 Å². The molecule has 1 saturated heterocycles. The minimum atomic E-state index is -0.431. The molecule has 5 heteroatoms. The molecular weight excluding hydrogens is 188 g/mol. The quantitative estimate of drug-likeness (QED) is 0.436. The van der Waals surface area contributed by atoms with Crippen molar-refractivity contribution in [3.63, 3.8) is 0 Å². The molecule has 4 unspecified atom stereocenters. The van der Waals surface area contributed by atoms with Gasteiger partial charge in [-0.3, -0.25) is 0 Å². The number of rotatable bonds is 4. The molecule has 0 radical (unpaired) electrons. The normalized spacial score (nSPS) is 38.6. The molecule has 84 valence electrons. The van der Waals surface area contributed by atoms with Crippen LogP contribution in [-0.4, -0.2) is 59.6 Å². The summed E-state index contributed by atoms with van der Waals surface area (Å²) in [4.78, 5) is 0. The van der Waals surface area contributed by atoms with E-state index in [2.05, 4.69) is 0 Å². The van der Waals surface area contributed by atoms with Gasteiger partial charge < -0.3 is 25.2 Å². The Labute approximate surface area is 82.9 Å². The Bertz CT molecular complexity index is 145. The molecule has 0 aromatic carbocycles. The number of aliphatic hydroxyl groups is 4. The summed E-state index contributed by atoms with van der Waals surface area (Å²) < 4.78 is 5.29. The van der Waals surface area contributed by atoms with Gasteiger partial charge in [-0.1, -0.05) is 0 Å². The monoisotopic (exact) mass is 206 g/mol. The van der Waals surface area contributed by atoms with Crippen LogP contribution in [0.5, 0.6) is 0 Å². The molecule has 1 heterocycles. The summed E-state index contributed by atoms with van der Waals surface area (Å²) in [6.07, 6.45) is -0.431. The first-order valence-corrected chi connectivity index (χ1v) is 4.83. The number of ether oxygens (including phenoxy) is 1. The van der Waals surface area contributed by atoms with E-state index in [1.165, 1.54) is 0 Å². The topological polar surface area (TPSA) is 90.2 Å². The standard InChI is InChI=1S/C9H18O5/c10-1-6-5-14-9(4-13)8(3-12)7(6)2-11/h6-13H,1-5H2. The second-order valence-corrected chi connectivity index (χ2v) is 3.69. The van der Waals surface area contributed by atoms with Crippen LogP contribution in [0.1, 0.15) is 0 Å². The molecule has 4 N–H and O–H groups in total. The van der Waals surface area contributed by atoms with Crippen LogP contribution in [0.15, 0.2) is 0 Å². The Morgan fingerprint density at radius 2 is 1.50 bits per heavy atom. The Balaban J connectivity index is 2.67. The van der Waals surface area contributed by atoms with Gasteiger partial charge in [-0.2, -0.15) is 0 Å². The molecule has 0 aromatic rings. The Morgan fingerprint density at radius 3 is 1.93 bits per heavy atom. The van der Waals surface area contributed by atoms with E-state index in [4.69, 9.17) is 25.2 Å². The lowest BCUT2D eigenvalue weighted by Gasteiger charge is -2.40. The molecule has 4 atom stereocenters. The van der Waals surface area contributed by atoms with Crippen LogP contribution >= 0.6 is 0 Å². The van der Waals surface area contributed by atoms with Gasteiger partial charge in [0.15, 0.2) is 0 Å². The first-order valence-electron chi connectivity index (χ1n) is 4.83. The van der Waals surface area contributed by atoms with E-state index in [1.807, 2.05) is 0 Å². The van der Waals surface area contributed by atoms with Crippen molar-refractivity contribution in [2.75, 3.05) is 33.0 Å². The van der Waals surface area contributed by atoms with Gasteiger partial charge in [0.1, 0.15) is 0 Å². The van der Waals surface area contributed by atoms with Gasteiger partial charge in [-0.25, -0.2) is 0 Å². The first kappa shape index (κ1) is 11.9. The highest BCUT2D eigenvalue weighted by Gasteiger charge is 2.38. The van der Waals surface area contributed by atoms with Crippen molar-refractivity contribution >= 4 is 0 Å². The van der Waals surface area contributed by atoms with Crippen LogP contribution in [0.25, 0.3) is 0 Å². The summed E-state index contributed by atoms with van der Waals surface area (Å²) in [7, 11) is 0. The molecule has 0 spiro atoms. The smallest absolute Gasteiger partial charge is 0.0859 e. The van der Waals surface area contributed by atoms with Crippen LogP contribution in [0.4, 0.5) is 0 Å². The van der Waals surface area contributed by atoms with Gasteiger partial charge in [-0.15, -0.1) is 0 Å². The van der Waals surface area contributed by atoms with E-state index in [0.717, 1.165) is 0 Å². The molecule has 0 saturated carbocycles. The van der Waals surface area contributed by atoms with Gasteiger partial charge in [0.05, 0.1) is 19.3 Å². The zero-order valence-corrected chi connectivity index (χ0v) is 8.04. The van der Waals surface area contributed by atoms with Gasteiger partial charge in [0.25, 0.3) is 0 Å². The van der Waals surface area contributed by atoms with Crippen LogP contribution < -0.4 is 0 Å². The second-order valence-electron chi connectivity index (χ2n) is 3.69. The largest absolute Gasteiger partial charge is 0.396 e. The third kappa shape index (κ3) is 2.24. The lowest BCUT2D eigenvalue weighted by Crippen LogP contribution is -2.48. The zero-order valence-electron chi connectivity index (χ0n) is 8.04. The lowest BCUT2D eigenvalue weighted by atomic mass is 9.78. The fourth-order valence-electron chi connectivity index (χ4n) is 2.03. The molecule has 0 bridgehead atoms. The molecule has 1 aliphatic rings. The Morgan fingerprint density at radius 1 is 0.857 bits per heavy atom. The maximum absolute atomic E-state index is 9.15. The van der Waals surface area contributed by atoms with Crippen molar-refractivity contribution in [3.8, 4) is 0 Å². The molecule has 5 nitrogen and oxygen atoms in total. The number of aliphatic hydroxyl groups excluding tert-OH is 4. The molecule has 0 aliphatic carbocycles. The summed E-state index contributed by atoms with van der Waals surface area (Å²) >= 11 is 0. The lowest BCUT2D eigenvalue weighted by molar-refractivity contribution is -0.141. The number of hydrogen-bond donors (Lipinski definition) is 4. The van der Waals surface area contributed by atoms with Crippen molar-refractivity contribution in [3.05, 3.63) is 0 Å². The van der Waals surface area contributed by atoms with E-state index in [1.54, 1.807) is 0 Å². The van der Waals surface area contributed by atoms with Crippen LogP contribution in [0.2, 0.25) is 0 Å². The fourth-order valence-corrected chi connectivity index (χ4v) is 2.03. The summed E-state index contributed by atoms with van der Waals surface area (Å²) in [6, 6.07) is 0. The Kier molecular flexibility index (Phi) is 4.77. The molecule has 1 rings (SSSR count). The van der Waals surface area contributed by atoms with Crippen LogP contribution in [0, 0.1) is 17.8 Å². The van der Waals surface area contributed by atoms with Crippen LogP contribution in [0.3, 0.4) is 0 Å². The molecule has 0 aromatic heterocycles. The summed E-state index contributed by atoms with van der Waals surface area (Å²) in [5, 5.41) is 36.3. The highest BCUT2D eigenvalue weighted by molar-refractivity contribution is 4.85. The van der Waals surface area contributed by atoms with Crippen molar-refractivity contribution in [1.82, 2.24) is 0 Å². The maximum Gasteiger partial charge on any atom is 0.0859 e. The summed E-state index contributed by atoms with van der Waals surface area (Å²) in [5.74, 6) is -0.647. The zero-order chi connectivity index (χ0) is 10.6. The van der Waals surface area contributed by atoms with Crippen LogP contribution in [-0.2, 0) is 4.74 Å². The molecule has 1 fully saturated rings. The van der Waals surface area contributed by atoms with Crippen molar-refractivity contribution in [1.29, 1.82) is 0 Å². The Hall–Kier alpha value is -0.200. The SMILES string of the molecule is OCC1COC(CO)C(CO)C1CO. The average molecular weight is 206 g/mol. The second kappa shape index (κ2) is 5.63. The highest BCUT2D eigenvalue weighted by Crippen LogP contribution is 2.30. The molecule has 1 aliphatic heterocycles. The van der Waals surface area contributed by atoms with Gasteiger partial charge >= 0.3 is 0 Å². The third-order valence-corrected chi connectivity index (χ3v) is 2.99. The highest BCUT2D eigenvalue weighted by atomic mass is 16.5. The predicted molar refractivity (Wildman–Crippen MR) is 48.6 cm³/mol. The van der Waals surface area contributed by atoms with Gasteiger partial charge in [0.2, 0.25) is 0 Å². The predicted octanol–water partition coefficient (Wildman–Crippen LogP) is -1.80. The number of hydrogen-bond acceptors (Lipinski definition) is 5. The maximum atomic E-state index is 9.15. The van der Waals surface area contributed by atoms with E-state index in [0.29, 0.717) is 6.61 Å². The molecule has 0 amide bonds. The minimum Gasteiger partial charge on any atom is -0.396 e. The van der Waals surface area contributed by atoms with Gasteiger partial charge in [0, 0.05) is 31.7 Å². The molecule has 14 heavy (non-hydrogen) atoms. The average Bonchev–Trinajstić information content (AvgIpc) is 2.26. The fraction of sp³-hybridized carbons (Fsp3) is 1.00. The van der Waals surface area contributed by atoms with Crippen molar-refractivity contribution < 1.29 is 25.2 Å². The van der Waals surface area contributed by atoms with Crippen molar-refractivity contribution in [2.45, 2.75) is 6.10 Å². The summed E-state index contributed by atoms with van der Waals surface area (Å²) in [5.41, 5.74) is 0. The van der Waals surface area contributed by atoms with Crippen molar-refractivity contribution in [2.24, 2.45) is 17.8 Å². The summed E-state index contributed by atoms with van der Waals surface area (Å²) in [6.45, 7) is -0.160. The first-order chi connectivity index (χ1) is 6.78. The van der Waals surface area contributed by atoms with E-state index in [-0.39, 0.29) is 44.2 Å². The molecular formula is C9H18O5.